The van der Waals surface area contributed by atoms with E-state index in [-0.39, 0.29) is 18.2 Å². The van der Waals surface area contributed by atoms with Gasteiger partial charge in [0.15, 0.2) is 0 Å². The smallest absolute Gasteiger partial charge is 0.317 e. The van der Waals surface area contributed by atoms with E-state index in [2.05, 4.69) is 12.2 Å². The molecule has 4 nitrogen and oxygen atoms in total. The van der Waals surface area contributed by atoms with Gasteiger partial charge >= 0.3 is 6.03 Å². The summed E-state index contributed by atoms with van der Waals surface area (Å²) in [5.41, 5.74) is 0. The SMILES string of the molecule is C[C@@H]1OCCN(C(=O)NCC(C2CC2)C2CC2)[C@H]1C. The molecule has 4 heteroatoms. The number of carbonyl (C=O) groups is 1. The van der Waals surface area contributed by atoms with E-state index >= 15 is 0 Å². The summed E-state index contributed by atoms with van der Waals surface area (Å²) in [5.74, 6) is 2.54. The van der Waals surface area contributed by atoms with Gasteiger partial charge in [-0.2, -0.15) is 0 Å². The second-order valence-electron chi connectivity index (χ2n) is 6.53. The van der Waals surface area contributed by atoms with Gasteiger partial charge in [-0.1, -0.05) is 0 Å². The number of morpholine rings is 1. The zero-order chi connectivity index (χ0) is 13.4. The highest BCUT2D eigenvalue weighted by atomic mass is 16.5. The van der Waals surface area contributed by atoms with E-state index in [1.807, 2.05) is 11.8 Å². The molecule has 2 amide bonds. The number of nitrogens with one attached hydrogen (secondary N) is 1. The summed E-state index contributed by atoms with van der Waals surface area (Å²) in [6.45, 7) is 6.37. The van der Waals surface area contributed by atoms with Gasteiger partial charge in [0.1, 0.15) is 0 Å². The van der Waals surface area contributed by atoms with Crippen molar-refractivity contribution in [3.05, 3.63) is 0 Å². The van der Waals surface area contributed by atoms with Crippen LogP contribution in [0.5, 0.6) is 0 Å². The standard InChI is InChI=1S/C15H26N2O2/c1-10-11(2)19-8-7-17(10)15(18)16-9-14(12-3-4-12)13-5-6-13/h10-14H,3-9H2,1-2H3,(H,16,18)/t10-,11-/m0/s1. The van der Waals surface area contributed by atoms with Gasteiger partial charge < -0.3 is 15.0 Å². The minimum Gasteiger partial charge on any atom is -0.375 e. The predicted molar refractivity (Wildman–Crippen MR) is 73.9 cm³/mol. The van der Waals surface area contributed by atoms with E-state index in [1.165, 1.54) is 25.7 Å². The molecule has 1 aliphatic heterocycles. The van der Waals surface area contributed by atoms with Crippen LogP contribution in [0.4, 0.5) is 4.79 Å². The summed E-state index contributed by atoms with van der Waals surface area (Å²) in [7, 11) is 0. The Hall–Kier alpha value is -0.770. The maximum absolute atomic E-state index is 12.3. The van der Waals surface area contributed by atoms with Crippen molar-refractivity contribution >= 4 is 6.03 Å². The van der Waals surface area contributed by atoms with Gasteiger partial charge in [0.2, 0.25) is 0 Å². The first kappa shape index (κ1) is 13.2. The van der Waals surface area contributed by atoms with Gasteiger partial charge in [0.25, 0.3) is 0 Å². The third-order valence-electron chi connectivity index (χ3n) is 5.09. The number of nitrogens with zero attached hydrogens (tertiary/aromatic N) is 1. The van der Waals surface area contributed by atoms with E-state index in [1.54, 1.807) is 0 Å². The molecule has 108 valence electrons. The quantitative estimate of drug-likeness (QED) is 0.848. The Labute approximate surface area is 115 Å². The second kappa shape index (κ2) is 5.31. The van der Waals surface area contributed by atoms with Crippen molar-refractivity contribution < 1.29 is 9.53 Å². The van der Waals surface area contributed by atoms with E-state index in [9.17, 15) is 4.79 Å². The molecule has 3 fully saturated rings. The Bertz CT molecular complexity index is 327. The fraction of sp³-hybridized carbons (Fsp3) is 0.933. The van der Waals surface area contributed by atoms with E-state index in [4.69, 9.17) is 4.74 Å². The number of rotatable bonds is 4. The van der Waals surface area contributed by atoms with E-state index in [0.29, 0.717) is 6.61 Å². The van der Waals surface area contributed by atoms with Crippen LogP contribution in [0.3, 0.4) is 0 Å². The van der Waals surface area contributed by atoms with Gasteiger partial charge in [-0.3, -0.25) is 0 Å². The largest absolute Gasteiger partial charge is 0.375 e. The van der Waals surface area contributed by atoms with Crippen LogP contribution in [0.2, 0.25) is 0 Å². The molecule has 0 aromatic carbocycles. The van der Waals surface area contributed by atoms with Crippen molar-refractivity contribution in [1.82, 2.24) is 10.2 Å². The highest BCUT2D eigenvalue weighted by Crippen LogP contribution is 2.48. The monoisotopic (exact) mass is 266 g/mol. The molecule has 2 aliphatic carbocycles. The lowest BCUT2D eigenvalue weighted by atomic mass is 9.98. The zero-order valence-electron chi connectivity index (χ0n) is 12.1. The molecule has 0 unspecified atom stereocenters. The maximum atomic E-state index is 12.3. The third kappa shape index (κ3) is 3.04. The Morgan fingerprint density at radius 2 is 1.89 bits per heavy atom. The Kier molecular flexibility index (Phi) is 3.70. The Morgan fingerprint density at radius 1 is 1.26 bits per heavy atom. The molecule has 0 aromatic rings. The number of urea groups is 1. The van der Waals surface area contributed by atoms with Crippen molar-refractivity contribution in [2.24, 2.45) is 17.8 Å². The minimum atomic E-state index is 0.106. The Balaban J connectivity index is 1.49. The summed E-state index contributed by atoms with van der Waals surface area (Å²) in [5, 5.41) is 3.18. The lowest BCUT2D eigenvalue weighted by Gasteiger charge is -2.38. The van der Waals surface area contributed by atoms with Gasteiger partial charge in [0, 0.05) is 13.1 Å². The summed E-state index contributed by atoms with van der Waals surface area (Å²) >= 11 is 0. The number of amides is 2. The highest BCUT2D eigenvalue weighted by Gasteiger charge is 2.41. The maximum Gasteiger partial charge on any atom is 0.317 e. The predicted octanol–water partition coefficient (Wildman–Crippen LogP) is 2.24. The van der Waals surface area contributed by atoms with Crippen LogP contribution in [0, 0.1) is 17.8 Å². The summed E-state index contributed by atoms with van der Waals surface area (Å²) < 4.78 is 5.57. The van der Waals surface area contributed by atoms with Crippen molar-refractivity contribution in [3.63, 3.8) is 0 Å². The van der Waals surface area contributed by atoms with Crippen LogP contribution >= 0.6 is 0 Å². The molecule has 0 spiro atoms. The highest BCUT2D eigenvalue weighted by molar-refractivity contribution is 5.74. The van der Waals surface area contributed by atoms with Crippen LogP contribution in [0.15, 0.2) is 0 Å². The second-order valence-corrected chi connectivity index (χ2v) is 6.53. The summed E-state index contributed by atoms with van der Waals surface area (Å²) in [4.78, 5) is 14.2. The zero-order valence-corrected chi connectivity index (χ0v) is 12.1. The van der Waals surface area contributed by atoms with E-state index in [0.717, 1.165) is 30.8 Å². The number of carbonyl (C=O) groups excluding carboxylic acids is 1. The molecule has 3 rings (SSSR count). The first-order valence-electron chi connectivity index (χ1n) is 7.83. The van der Waals surface area contributed by atoms with Crippen molar-refractivity contribution in [3.8, 4) is 0 Å². The van der Waals surface area contributed by atoms with Crippen LogP contribution in [0.25, 0.3) is 0 Å². The van der Waals surface area contributed by atoms with Gasteiger partial charge in [-0.15, -0.1) is 0 Å². The van der Waals surface area contributed by atoms with Crippen molar-refractivity contribution in [2.45, 2.75) is 51.7 Å². The average Bonchev–Trinajstić information content (AvgIpc) is 3.26. The molecule has 0 radical (unpaired) electrons. The van der Waals surface area contributed by atoms with Crippen LogP contribution in [-0.2, 0) is 4.74 Å². The van der Waals surface area contributed by atoms with Crippen LogP contribution in [0.1, 0.15) is 39.5 Å². The molecule has 2 atom stereocenters. The fourth-order valence-corrected chi connectivity index (χ4v) is 3.29. The number of ether oxygens (including phenoxy) is 1. The molecule has 0 aromatic heterocycles. The van der Waals surface area contributed by atoms with Gasteiger partial charge in [-0.05, 0) is 57.3 Å². The first-order chi connectivity index (χ1) is 9.16. The molecule has 2 saturated carbocycles. The molecule has 1 saturated heterocycles. The van der Waals surface area contributed by atoms with Crippen molar-refractivity contribution in [2.75, 3.05) is 19.7 Å². The number of hydrogen-bond acceptors (Lipinski definition) is 2. The summed E-state index contributed by atoms with van der Waals surface area (Å²) in [6, 6.07) is 0.281. The normalized spacial score (nSPS) is 31.6. The lowest BCUT2D eigenvalue weighted by molar-refractivity contribution is -0.0377. The molecular formula is C15H26N2O2. The van der Waals surface area contributed by atoms with Crippen LogP contribution < -0.4 is 5.32 Å². The molecule has 1 heterocycles. The molecule has 1 N–H and O–H groups in total. The minimum absolute atomic E-state index is 0.106. The fourth-order valence-electron chi connectivity index (χ4n) is 3.29. The van der Waals surface area contributed by atoms with E-state index < -0.39 is 0 Å². The Morgan fingerprint density at radius 3 is 2.47 bits per heavy atom. The van der Waals surface area contributed by atoms with Crippen molar-refractivity contribution in [1.29, 1.82) is 0 Å². The third-order valence-corrected chi connectivity index (χ3v) is 5.09. The average molecular weight is 266 g/mol. The summed E-state index contributed by atoms with van der Waals surface area (Å²) in [6.07, 6.45) is 5.65. The lowest BCUT2D eigenvalue weighted by Crippen LogP contribution is -2.55. The van der Waals surface area contributed by atoms with Gasteiger partial charge in [0.05, 0.1) is 18.8 Å². The molecule has 19 heavy (non-hydrogen) atoms. The first-order valence-corrected chi connectivity index (χ1v) is 7.83. The molecular weight excluding hydrogens is 240 g/mol. The van der Waals surface area contributed by atoms with Crippen LogP contribution in [-0.4, -0.2) is 42.8 Å². The van der Waals surface area contributed by atoms with Gasteiger partial charge in [-0.25, -0.2) is 4.79 Å². The molecule has 3 aliphatic rings. The number of hydrogen-bond donors (Lipinski definition) is 1. The molecule has 0 bridgehead atoms. The topological polar surface area (TPSA) is 41.6 Å².